The van der Waals surface area contributed by atoms with E-state index in [1.807, 2.05) is 18.2 Å². The van der Waals surface area contributed by atoms with Gasteiger partial charge in [-0.05, 0) is 23.6 Å². The monoisotopic (exact) mass is 388 g/mol. The highest BCUT2D eigenvalue weighted by Gasteiger charge is 2.42. The van der Waals surface area contributed by atoms with Gasteiger partial charge >= 0.3 is 5.97 Å². The molecule has 1 aliphatic heterocycles. The smallest absolute Gasteiger partial charge is 0.328 e. The van der Waals surface area contributed by atoms with Crippen molar-refractivity contribution in [3.63, 3.8) is 0 Å². The maximum absolute atomic E-state index is 12.6. The predicted octanol–water partition coefficient (Wildman–Crippen LogP) is 3.50. The third kappa shape index (κ3) is 3.64. The van der Waals surface area contributed by atoms with Crippen LogP contribution in [-0.2, 0) is 14.3 Å². The fraction of sp³-hybridized carbons (Fsp3) is 0.263. The summed E-state index contributed by atoms with van der Waals surface area (Å²) in [5.41, 5.74) is 0.982. The molecule has 1 heterocycles. The Morgan fingerprint density at radius 2 is 1.96 bits per heavy atom. The van der Waals surface area contributed by atoms with E-state index in [0.717, 1.165) is 5.56 Å². The van der Waals surface area contributed by atoms with Gasteiger partial charge in [-0.1, -0.05) is 48.0 Å². The highest BCUT2D eigenvalue weighted by Crippen LogP contribution is 2.38. The Hall–Kier alpha value is -2.93. The summed E-state index contributed by atoms with van der Waals surface area (Å²) in [7, 11) is 1.27. The Balaban J connectivity index is 2.16. The molecule has 0 saturated carbocycles. The second kappa shape index (κ2) is 7.75. The molecule has 8 heteroatoms. The summed E-state index contributed by atoms with van der Waals surface area (Å²) >= 11 is 5.94. The number of ether oxygens (including phenoxy) is 1. The van der Waals surface area contributed by atoms with Gasteiger partial charge in [-0.2, -0.15) is 0 Å². The molecule has 2 aromatic carbocycles. The van der Waals surface area contributed by atoms with Crippen LogP contribution in [0.25, 0.3) is 0 Å². The van der Waals surface area contributed by atoms with Crippen LogP contribution in [0.4, 0.5) is 5.69 Å². The number of nitro benzene ring substituents is 1. The average Bonchev–Trinajstić information content (AvgIpc) is 3.04. The largest absolute Gasteiger partial charge is 0.467 e. The van der Waals surface area contributed by atoms with Crippen molar-refractivity contribution in [3.8, 4) is 0 Å². The quantitative estimate of drug-likeness (QED) is 0.444. The highest BCUT2D eigenvalue weighted by atomic mass is 35.5. The molecule has 2 aromatic rings. The van der Waals surface area contributed by atoms with Crippen molar-refractivity contribution in [2.24, 2.45) is 0 Å². The summed E-state index contributed by atoms with van der Waals surface area (Å²) in [6, 6.07) is 12.1. The molecule has 0 N–H and O–H groups in total. The molecule has 27 heavy (non-hydrogen) atoms. The molecule has 0 spiro atoms. The first-order valence-corrected chi connectivity index (χ1v) is 8.69. The number of nitrogens with zero attached hydrogens (tertiary/aromatic N) is 2. The molecule has 7 nitrogen and oxygen atoms in total. The fourth-order valence-electron chi connectivity index (χ4n) is 3.38. The lowest BCUT2D eigenvalue weighted by molar-refractivity contribution is -0.384. The zero-order valence-corrected chi connectivity index (χ0v) is 15.3. The van der Waals surface area contributed by atoms with Gasteiger partial charge < -0.3 is 9.64 Å². The van der Waals surface area contributed by atoms with E-state index in [0.29, 0.717) is 12.0 Å². The number of rotatable bonds is 5. The maximum atomic E-state index is 12.6. The summed E-state index contributed by atoms with van der Waals surface area (Å²) in [6.45, 7) is 0. The molecule has 2 atom stereocenters. The van der Waals surface area contributed by atoms with E-state index in [2.05, 4.69) is 0 Å². The second-order valence-corrected chi connectivity index (χ2v) is 6.57. The van der Waals surface area contributed by atoms with Crippen LogP contribution in [0.2, 0.25) is 5.02 Å². The highest BCUT2D eigenvalue weighted by molar-refractivity contribution is 6.32. The number of hydrogen-bond donors (Lipinski definition) is 0. The normalized spacial score (nSPS) is 17.6. The number of esters is 1. The summed E-state index contributed by atoms with van der Waals surface area (Å²) in [5, 5.41) is 11.3. The van der Waals surface area contributed by atoms with Crippen LogP contribution in [0.3, 0.4) is 0 Å². The van der Waals surface area contributed by atoms with E-state index in [-0.39, 0.29) is 23.0 Å². The van der Waals surface area contributed by atoms with Crippen LogP contribution in [-0.4, -0.2) is 34.9 Å². The average molecular weight is 389 g/mol. The number of halogens is 1. The lowest BCUT2D eigenvalue weighted by atomic mass is 9.95. The lowest BCUT2D eigenvalue weighted by Crippen LogP contribution is -2.42. The SMILES string of the molecule is COC(=O)C1CCC(=O)N1C(c1ccccc1)c1ccc(Cl)c([N+](=O)[O-])c1. The number of hydrogen-bond acceptors (Lipinski definition) is 5. The molecule has 1 aliphatic rings. The van der Waals surface area contributed by atoms with E-state index in [4.69, 9.17) is 16.3 Å². The summed E-state index contributed by atoms with van der Waals surface area (Å²) in [5.74, 6) is -0.720. The topological polar surface area (TPSA) is 89.8 Å². The molecule has 1 fully saturated rings. The Bertz CT molecular complexity index is 887. The molecule has 0 radical (unpaired) electrons. The Kier molecular flexibility index (Phi) is 5.41. The minimum absolute atomic E-state index is 0.00725. The zero-order valence-electron chi connectivity index (χ0n) is 14.5. The van der Waals surface area contributed by atoms with Crippen LogP contribution in [0.1, 0.15) is 30.0 Å². The van der Waals surface area contributed by atoms with Gasteiger partial charge in [0.05, 0.1) is 18.1 Å². The van der Waals surface area contributed by atoms with Crippen LogP contribution >= 0.6 is 11.6 Å². The minimum Gasteiger partial charge on any atom is -0.467 e. The van der Waals surface area contributed by atoms with Crippen molar-refractivity contribution < 1.29 is 19.2 Å². The molecular weight excluding hydrogens is 372 g/mol. The molecule has 0 aliphatic carbocycles. The molecule has 0 aromatic heterocycles. The minimum atomic E-state index is -0.748. The van der Waals surface area contributed by atoms with Crippen molar-refractivity contribution in [1.29, 1.82) is 0 Å². The molecule has 2 unspecified atom stereocenters. The molecule has 140 valence electrons. The maximum Gasteiger partial charge on any atom is 0.328 e. The van der Waals surface area contributed by atoms with Gasteiger partial charge in [-0.25, -0.2) is 4.79 Å². The van der Waals surface area contributed by atoms with Crippen LogP contribution in [0, 0.1) is 10.1 Å². The van der Waals surface area contributed by atoms with Crippen LogP contribution in [0.15, 0.2) is 48.5 Å². The fourth-order valence-corrected chi connectivity index (χ4v) is 3.57. The zero-order chi connectivity index (χ0) is 19.6. The number of amides is 1. The molecular formula is C19H17ClN2O5. The number of likely N-dealkylation sites (tertiary alicyclic amines) is 1. The van der Waals surface area contributed by atoms with E-state index >= 15 is 0 Å². The van der Waals surface area contributed by atoms with Gasteiger partial charge in [0.1, 0.15) is 11.1 Å². The van der Waals surface area contributed by atoms with Crippen molar-refractivity contribution in [2.75, 3.05) is 7.11 Å². The lowest BCUT2D eigenvalue weighted by Gasteiger charge is -2.32. The number of benzene rings is 2. The Labute approximate surface area is 160 Å². The summed E-state index contributed by atoms with van der Waals surface area (Å²) in [4.78, 5) is 37.0. The third-order valence-electron chi connectivity index (χ3n) is 4.60. The Morgan fingerprint density at radius 3 is 2.59 bits per heavy atom. The summed E-state index contributed by atoms with van der Waals surface area (Å²) in [6.07, 6.45) is 0.545. The van der Waals surface area contributed by atoms with Crippen LogP contribution in [0.5, 0.6) is 0 Å². The molecule has 1 amide bonds. The van der Waals surface area contributed by atoms with E-state index < -0.39 is 23.0 Å². The molecule has 3 rings (SSSR count). The number of carbonyl (C=O) groups excluding carboxylic acids is 2. The van der Waals surface area contributed by atoms with Gasteiger partial charge in [0.25, 0.3) is 5.69 Å². The second-order valence-electron chi connectivity index (χ2n) is 6.16. The first-order valence-electron chi connectivity index (χ1n) is 8.31. The first kappa shape index (κ1) is 18.8. The van der Waals surface area contributed by atoms with Crippen molar-refractivity contribution in [2.45, 2.75) is 24.9 Å². The van der Waals surface area contributed by atoms with Gasteiger partial charge in [0.15, 0.2) is 0 Å². The van der Waals surface area contributed by atoms with Crippen LogP contribution < -0.4 is 0 Å². The van der Waals surface area contributed by atoms with Crippen molar-refractivity contribution in [3.05, 3.63) is 74.8 Å². The Morgan fingerprint density at radius 1 is 1.26 bits per heavy atom. The van der Waals surface area contributed by atoms with Gasteiger partial charge in [-0.15, -0.1) is 0 Å². The third-order valence-corrected chi connectivity index (χ3v) is 4.92. The number of nitro groups is 1. The number of carbonyl (C=O) groups is 2. The van der Waals surface area contributed by atoms with Crippen molar-refractivity contribution in [1.82, 2.24) is 4.90 Å². The molecule has 1 saturated heterocycles. The summed E-state index contributed by atoms with van der Waals surface area (Å²) < 4.78 is 4.85. The predicted molar refractivity (Wildman–Crippen MR) is 98.3 cm³/mol. The molecule has 0 bridgehead atoms. The van der Waals surface area contributed by atoms with E-state index in [1.165, 1.54) is 24.1 Å². The van der Waals surface area contributed by atoms with Gasteiger partial charge in [-0.3, -0.25) is 14.9 Å². The number of methoxy groups -OCH3 is 1. The van der Waals surface area contributed by atoms with E-state index in [1.54, 1.807) is 18.2 Å². The van der Waals surface area contributed by atoms with Crippen molar-refractivity contribution >= 4 is 29.2 Å². The van der Waals surface area contributed by atoms with Gasteiger partial charge in [0.2, 0.25) is 5.91 Å². The standard InChI is InChI=1S/C19H17ClN2O5/c1-27-19(24)15-9-10-17(23)21(15)18(12-5-3-2-4-6-12)13-7-8-14(20)16(11-13)22(25)26/h2-8,11,15,18H,9-10H2,1H3. The van der Waals surface area contributed by atoms with E-state index in [9.17, 15) is 19.7 Å². The van der Waals surface area contributed by atoms with Gasteiger partial charge in [0, 0.05) is 12.5 Å². The first-order chi connectivity index (χ1) is 12.9.